The van der Waals surface area contributed by atoms with Crippen LogP contribution in [0.5, 0.6) is 0 Å². The molecule has 0 heterocycles. The fourth-order valence-corrected chi connectivity index (χ4v) is 6.43. The SMILES string of the molecule is CCN(CCO)c1ccc(C(c2ccc(N(C)C)cc2)c2ccc(N(CC)CCO)cc2)cc1.CCN(CCO)c1ccccc1.CN(C)c1ccccc1. The van der Waals surface area contributed by atoms with Gasteiger partial charge in [-0.1, -0.05) is 72.8 Å². The fourth-order valence-electron chi connectivity index (χ4n) is 6.43. The van der Waals surface area contributed by atoms with E-state index in [2.05, 4.69) is 156 Å². The van der Waals surface area contributed by atoms with Crippen LogP contribution in [0.15, 0.2) is 133 Å². The summed E-state index contributed by atoms with van der Waals surface area (Å²) in [5.41, 5.74) is 9.56. The van der Waals surface area contributed by atoms with E-state index in [0.29, 0.717) is 19.6 Å². The molecular weight excluding hydrogens is 683 g/mol. The average molecular weight is 748 g/mol. The quantitative estimate of drug-likeness (QED) is 0.0832. The van der Waals surface area contributed by atoms with Crippen LogP contribution in [-0.2, 0) is 0 Å². The van der Waals surface area contributed by atoms with Gasteiger partial charge >= 0.3 is 0 Å². The lowest BCUT2D eigenvalue weighted by atomic mass is 9.85. The lowest BCUT2D eigenvalue weighted by Crippen LogP contribution is -2.26. The maximum atomic E-state index is 9.38. The van der Waals surface area contributed by atoms with Crippen LogP contribution in [-0.4, -0.2) is 103 Å². The second-order valence-electron chi connectivity index (χ2n) is 13.6. The smallest absolute Gasteiger partial charge is 0.0606 e. The van der Waals surface area contributed by atoms with Crippen molar-refractivity contribution >= 4 is 28.4 Å². The molecule has 0 bridgehead atoms. The van der Waals surface area contributed by atoms with Gasteiger partial charge < -0.3 is 39.8 Å². The van der Waals surface area contributed by atoms with Gasteiger partial charge in [0.15, 0.2) is 0 Å². The Balaban J connectivity index is 0.000000312. The second-order valence-corrected chi connectivity index (χ2v) is 13.6. The zero-order valence-electron chi connectivity index (χ0n) is 34.2. The van der Waals surface area contributed by atoms with Crippen molar-refractivity contribution in [1.29, 1.82) is 0 Å². The van der Waals surface area contributed by atoms with Crippen LogP contribution in [0.25, 0.3) is 0 Å². The van der Waals surface area contributed by atoms with E-state index in [0.717, 1.165) is 31.0 Å². The third-order valence-electron chi connectivity index (χ3n) is 9.57. The minimum atomic E-state index is 0.111. The third kappa shape index (κ3) is 14.0. The van der Waals surface area contributed by atoms with E-state index in [1.807, 2.05) is 50.5 Å². The first-order valence-electron chi connectivity index (χ1n) is 19.5. The molecule has 5 aromatic rings. The number of nitrogens with zero attached hydrogens (tertiary/aromatic N) is 5. The molecule has 0 unspecified atom stereocenters. The van der Waals surface area contributed by atoms with Crippen LogP contribution in [0.2, 0.25) is 0 Å². The summed E-state index contributed by atoms with van der Waals surface area (Å²) in [7, 11) is 8.19. The van der Waals surface area contributed by atoms with Gasteiger partial charge in [0.25, 0.3) is 0 Å². The summed E-state index contributed by atoms with van der Waals surface area (Å²) in [6.45, 7) is 11.4. The lowest BCUT2D eigenvalue weighted by Gasteiger charge is -2.25. The molecule has 3 N–H and O–H groups in total. The van der Waals surface area contributed by atoms with Gasteiger partial charge in [-0.25, -0.2) is 0 Å². The van der Waals surface area contributed by atoms with Gasteiger partial charge in [0, 0.05) is 102 Å². The summed E-state index contributed by atoms with van der Waals surface area (Å²) >= 11 is 0. The van der Waals surface area contributed by atoms with E-state index in [4.69, 9.17) is 5.11 Å². The molecule has 0 aromatic heterocycles. The summed E-state index contributed by atoms with van der Waals surface area (Å²) < 4.78 is 0. The van der Waals surface area contributed by atoms with E-state index in [1.54, 1.807) is 0 Å². The molecule has 8 heteroatoms. The van der Waals surface area contributed by atoms with Gasteiger partial charge in [0.05, 0.1) is 19.8 Å². The molecule has 0 fully saturated rings. The average Bonchev–Trinajstić information content (AvgIpc) is 3.23. The van der Waals surface area contributed by atoms with E-state index in [9.17, 15) is 10.2 Å². The molecule has 0 saturated heterocycles. The predicted octanol–water partition coefficient (Wildman–Crippen LogP) is 7.83. The number of benzene rings is 5. The number of anilines is 5. The summed E-state index contributed by atoms with van der Waals surface area (Å²) in [6, 6.07) is 46.6. The van der Waals surface area contributed by atoms with Crippen molar-refractivity contribution in [2.75, 3.05) is 112 Å². The van der Waals surface area contributed by atoms with Crippen molar-refractivity contribution in [1.82, 2.24) is 0 Å². The maximum absolute atomic E-state index is 9.38. The van der Waals surface area contributed by atoms with E-state index < -0.39 is 0 Å². The van der Waals surface area contributed by atoms with Crippen molar-refractivity contribution < 1.29 is 15.3 Å². The van der Waals surface area contributed by atoms with Gasteiger partial charge in [0.1, 0.15) is 0 Å². The summed E-state index contributed by atoms with van der Waals surface area (Å²) in [4.78, 5) is 10.7. The number of likely N-dealkylation sites (N-methyl/N-ethyl adjacent to an activating group) is 3. The van der Waals surface area contributed by atoms with E-state index in [-0.39, 0.29) is 25.7 Å². The molecule has 0 atom stereocenters. The van der Waals surface area contributed by atoms with Crippen LogP contribution in [0, 0.1) is 0 Å². The molecule has 55 heavy (non-hydrogen) atoms. The third-order valence-corrected chi connectivity index (χ3v) is 9.57. The van der Waals surface area contributed by atoms with Crippen molar-refractivity contribution in [3.05, 3.63) is 150 Å². The summed E-state index contributed by atoms with van der Waals surface area (Å²) in [6.07, 6.45) is 0. The van der Waals surface area contributed by atoms with Gasteiger partial charge in [-0.2, -0.15) is 0 Å². The first-order valence-corrected chi connectivity index (χ1v) is 19.5. The number of hydrogen-bond donors (Lipinski definition) is 3. The van der Waals surface area contributed by atoms with Crippen LogP contribution in [0.4, 0.5) is 28.4 Å². The van der Waals surface area contributed by atoms with Crippen LogP contribution >= 0.6 is 0 Å². The molecule has 296 valence electrons. The highest BCUT2D eigenvalue weighted by Gasteiger charge is 2.18. The molecule has 0 radical (unpaired) electrons. The molecule has 0 amide bonds. The highest BCUT2D eigenvalue weighted by atomic mass is 16.3. The Bertz CT molecular complexity index is 1640. The zero-order chi connectivity index (χ0) is 40.0. The Labute approximate surface area is 331 Å². The first-order chi connectivity index (χ1) is 26.7. The first kappa shape index (κ1) is 44.4. The number of aliphatic hydroxyl groups excluding tert-OH is 3. The molecule has 0 spiro atoms. The summed E-state index contributed by atoms with van der Waals surface area (Å²) in [5, 5.41) is 27.5. The molecule has 0 aliphatic heterocycles. The lowest BCUT2D eigenvalue weighted by molar-refractivity contribution is 0.302. The van der Waals surface area contributed by atoms with Gasteiger partial charge in [-0.05, 0) is 98.1 Å². The number of para-hydroxylation sites is 2. The van der Waals surface area contributed by atoms with Gasteiger partial charge in [-0.3, -0.25) is 0 Å². The van der Waals surface area contributed by atoms with Crippen LogP contribution < -0.4 is 24.5 Å². The normalized spacial score (nSPS) is 10.5. The van der Waals surface area contributed by atoms with E-state index >= 15 is 0 Å². The van der Waals surface area contributed by atoms with Gasteiger partial charge in [0.2, 0.25) is 0 Å². The molecule has 0 aliphatic carbocycles. The monoisotopic (exact) mass is 748 g/mol. The van der Waals surface area contributed by atoms with Gasteiger partial charge in [-0.15, -0.1) is 0 Å². The molecule has 0 aliphatic rings. The Morgan fingerprint density at radius 3 is 0.873 bits per heavy atom. The highest BCUT2D eigenvalue weighted by molar-refractivity contribution is 5.56. The van der Waals surface area contributed by atoms with Crippen LogP contribution in [0.1, 0.15) is 43.4 Å². The molecule has 8 nitrogen and oxygen atoms in total. The summed E-state index contributed by atoms with van der Waals surface area (Å²) in [5.74, 6) is 0.111. The molecular formula is C47H65N5O3. The van der Waals surface area contributed by atoms with Crippen molar-refractivity contribution in [2.45, 2.75) is 26.7 Å². The molecule has 5 rings (SSSR count). The number of aliphatic hydroxyl groups is 3. The van der Waals surface area contributed by atoms with Crippen LogP contribution in [0.3, 0.4) is 0 Å². The van der Waals surface area contributed by atoms with Crippen molar-refractivity contribution in [2.24, 2.45) is 0 Å². The number of rotatable bonds is 17. The number of hydrogen-bond acceptors (Lipinski definition) is 8. The Morgan fingerprint density at radius 2 is 0.618 bits per heavy atom. The Hall–Kier alpha value is -5.02. The highest BCUT2D eigenvalue weighted by Crippen LogP contribution is 2.35. The maximum Gasteiger partial charge on any atom is 0.0606 e. The van der Waals surface area contributed by atoms with E-state index in [1.165, 1.54) is 33.8 Å². The Kier molecular flexibility index (Phi) is 19.7. The van der Waals surface area contributed by atoms with Crippen molar-refractivity contribution in [3.8, 4) is 0 Å². The fraction of sp³-hybridized carbons (Fsp3) is 0.362. The van der Waals surface area contributed by atoms with Crippen molar-refractivity contribution in [3.63, 3.8) is 0 Å². The predicted molar refractivity (Wildman–Crippen MR) is 237 cm³/mol. The standard InChI is InChI=1S/C29H39N3O2.C10H15NO.C8H11N/c1-5-31(19-21-33)27-15-9-24(10-16-27)29(23-7-13-26(14-8-23)30(3)4)25-11-17-28(18-12-25)32(6-2)20-22-34;1-2-11(8-9-12)10-6-4-3-5-7-10;1-9(2)8-6-4-3-5-7-8/h7-18,29,33-34H,5-6,19-22H2,1-4H3;3-7,12H,2,8-9H2,1H3;3-7H,1-2H3. The minimum absolute atomic E-state index is 0.111. The second kappa shape index (κ2) is 24.4. The molecule has 0 saturated carbocycles. The Morgan fingerprint density at radius 1 is 0.364 bits per heavy atom. The largest absolute Gasteiger partial charge is 0.395 e. The zero-order valence-corrected chi connectivity index (χ0v) is 34.2. The minimum Gasteiger partial charge on any atom is -0.395 e. The topological polar surface area (TPSA) is 76.9 Å². The molecule has 5 aromatic carbocycles.